The third kappa shape index (κ3) is 1.31. The highest BCUT2D eigenvalue weighted by Gasteiger charge is 2.11. The molecule has 2 rings (SSSR count). The van der Waals surface area contributed by atoms with Gasteiger partial charge < -0.3 is 4.42 Å². The second-order valence-corrected chi connectivity index (χ2v) is 2.56. The van der Waals surface area contributed by atoms with Crippen molar-refractivity contribution in [3.8, 4) is 0 Å². The molecule has 0 aromatic carbocycles. The quantitative estimate of drug-likeness (QED) is 0.516. The zero-order chi connectivity index (χ0) is 9.42. The lowest BCUT2D eigenvalue weighted by molar-refractivity contribution is -0.385. The van der Waals surface area contributed by atoms with Crippen molar-refractivity contribution >= 4 is 28.5 Å². The second-order valence-electron chi connectivity index (χ2n) is 2.24. The van der Waals surface area contributed by atoms with Gasteiger partial charge in [-0.2, -0.15) is 4.98 Å². The molecule has 0 aliphatic carbocycles. The molecule has 0 fully saturated rings. The monoisotopic (exact) mass is 199 g/mol. The maximum absolute atomic E-state index is 10.3. The van der Waals surface area contributed by atoms with Crippen molar-refractivity contribution in [2.75, 3.05) is 0 Å². The number of hydrogen-bond donors (Lipinski definition) is 0. The Hall–Kier alpha value is -1.69. The average molecular weight is 200 g/mol. The van der Waals surface area contributed by atoms with Gasteiger partial charge in [0.25, 0.3) is 11.0 Å². The first-order valence-corrected chi connectivity index (χ1v) is 3.61. The standard InChI is InChI=1S/C6H2ClN3O3/c7-6-9-5-4(13-6)1-3(2-8-5)10(11)12/h1-2H. The number of fused-ring (bicyclic) bond motifs is 1. The molecule has 2 aromatic heterocycles. The molecule has 0 bridgehead atoms. The summed E-state index contributed by atoms with van der Waals surface area (Å²) in [7, 11) is 0. The number of halogens is 1. The van der Waals surface area contributed by atoms with Crippen LogP contribution in [-0.4, -0.2) is 14.9 Å². The summed E-state index contributed by atoms with van der Waals surface area (Å²) in [6, 6.07) is 1.22. The van der Waals surface area contributed by atoms with E-state index in [1.54, 1.807) is 0 Å². The Balaban J connectivity index is 2.67. The fourth-order valence-corrected chi connectivity index (χ4v) is 1.05. The Morgan fingerprint density at radius 1 is 1.62 bits per heavy atom. The maximum Gasteiger partial charge on any atom is 0.294 e. The lowest BCUT2D eigenvalue weighted by Crippen LogP contribution is -1.88. The van der Waals surface area contributed by atoms with Gasteiger partial charge in [-0.1, -0.05) is 0 Å². The van der Waals surface area contributed by atoms with E-state index in [9.17, 15) is 10.1 Å². The molecule has 0 amide bonds. The molecular weight excluding hydrogens is 198 g/mol. The van der Waals surface area contributed by atoms with E-state index in [1.165, 1.54) is 6.07 Å². The van der Waals surface area contributed by atoms with Gasteiger partial charge in [-0.05, 0) is 11.6 Å². The SMILES string of the molecule is O=[N+]([O-])c1cnc2nc(Cl)oc2c1. The highest BCUT2D eigenvalue weighted by Crippen LogP contribution is 2.20. The van der Waals surface area contributed by atoms with E-state index in [-0.39, 0.29) is 22.3 Å². The molecule has 0 aliphatic rings. The highest BCUT2D eigenvalue weighted by atomic mass is 35.5. The van der Waals surface area contributed by atoms with Gasteiger partial charge in [-0.25, -0.2) is 4.98 Å². The topological polar surface area (TPSA) is 82.1 Å². The molecule has 0 spiro atoms. The number of oxazole rings is 1. The first-order chi connectivity index (χ1) is 6.16. The number of pyridine rings is 1. The minimum atomic E-state index is -0.567. The van der Waals surface area contributed by atoms with Gasteiger partial charge in [0, 0.05) is 0 Å². The molecule has 0 aliphatic heterocycles. The predicted octanol–water partition coefficient (Wildman–Crippen LogP) is 1.78. The fraction of sp³-hybridized carbons (Fsp3) is 0. The van der Waals surface area contributed by atoms with Crippen LogP contribution in [0.2, 0.25) is 5.35 Å². The van der Waals surface area contributed by atoms with Crippen LogP contribution in [0.1, 0.15) is 0 Å². The molecule has 0 N–H and O–H groups in total. The normalized spacial score (nSPS) is 10.5. The van der Waals surface area contributed by atoms with Gasteiger partial charge in [-0.15, -0.1) is 0 Å². The third-order valence-corrected chi connectivity index (χ3v) is 1.58. The number of aromatic nitrogens is 2. The van der Waals surface area contributed by atoms with E-state index < -0.39 is 4.92 Å². The Morgan fingerprint density at radius 2 is 2.38 bits per heavy atom. The average Bonchev–Trinajstić information content (AvgIpc) is 2.42. The van der Waals surface area contributed by atoms with Gasteiger partial charge in [0.2, 0.25) is 5.65 Å². The molecule has 0 saturated heterocycles. The summed E-state index contributed by atoms with van der Waals surface area (Å²) in [5.41, 5.74) is 0.315. The van der Waals surface area contributed by atoms with Gasteiger partial charge in [-0.3, -0.25) is 10.1 Å². The number of nitrogens with zero attached hydrogens (tertiary/aromatic N) is 3. The molecule has 0 unspecified atom stereocenters. The number of nitro groups is 1. The largest absolute Gasteiger partial charge is 0.426 e. The molecule has 66 valence electrons. The molecule has 2 aromatic rings. The van der Waals surface area contributed by atoms with Crippen molar-refractivity contribution in [3.05, 3.63) is 27.7 Å². The van der Waals surface area contributed by atoms with Gasteiger partial charge >= 0.3 is 0 Å². The van der Waals surface area contributed by atoms with E-state index >= 15 is 0 Å². The summed E-state index contributed by atoms with van der Waals surface area (Å²) in [5, 5.41) is 10.2. The number of hydrogen-bond acceptors (Lipinski definition) is 5. The van der Waals surface area contributed by atoms with E-state index in [1.807, 2.05) is 0 Å². The van der Waals surface area contributed by atoms with Crippen molar-refractivity contribution in [2.24, 2.45) is 0 Å². The molecule has 0 atom stereocenters. The van der Waals surface area contributed by atoms with E-state index in [4.69, 9.17) is 16.0 Å². The van der Waals surface area contributed by atoms with Crippen molar-refractivity contribution < 1.29 is 9.34 Å². The van der Waals surface area contributed by atoms with Crippen LogP contribution in [0, 0.1) is 10.1 Å². The van der Waals surface area contributed by atoms with E-state index in [2.05, 4.69) is 9.97 Å². The Morgan fingerprint density at radius 3 is 3.08 bits per heavy atom. The fourth-order valence-electron chi connectivity index (χ4n) is 0.883. The first kappa shape index (κ1) is 7.93. The minimum Gasteiger partial charge on any atom is -0.426 e. The Bertz CT molecular complexity index is 481. The molecule has 0 radical (unpaired) electrons. The lowest BCUT2D eigenvalue weighted by atomic mass is 10.4. The van der Waals surface area contributed by atoms with Crippen molar-refractivity contribution in [1.82, 2.24) is 9.97 Å². The summed E-state index contributed by atoms with van der Waals surface area (Å²) in [5.74, 6) is 0. The summed E-state index contributed by atoms with van der Waals surface area (Å²) in [4.78, 5) is 17.1. The van der Waals surface area contributed by atoms with Crippen LogP contribution in [0.15, 0.2) is 16.7 Å². The summed E-state index contributed by atoms with van der Waals surface area (Å²) >= 11 is 5.43. The maximum atomic E-state index is 10.3. The van der Waals surface area contributed by atoms with Crippen LogP contribution in [0.5, 0.6) is 0 Å². The zero-order valence-electron chi connectivity index (χ0n) is 6.10. The Kier molecular flexibility index (Phi) is 1.63. The zero-order valence-corrected chi connectivity index (χ0v) is 6.85. The van der Waals surface area contributed by atoms with Crippen LogP contribution >= 0.6 is 11.6 Å². The third-order valence-electron chi connectivity index (χ3n) is 1.42. The summed E-state index contributed by atoms with van der Waals surface area (Å²) < 4.78 is 4.85. The summed E-state index contributed by atoms with van der Waals surface area (Å²) in [6.07, 6.45) is 1.10. The molecular formula is C6H2ClN3O3. The summed E-state index contributed by atoms with van der Waals surface area (Å²) in [6.45, 7) is 0. The highest BCUT2D eigenvalue weighted by molar-refractivity contribution is 6.28. The van der Waals surface area contributed by atoms with Gasteiger partial charge in [0.1, 0.15) is 6.20 Å². The Labute approximate surface area is 76.3 Å². The number of rotatable bonds is 1. The van der Waals surface area contributed by atoms with Gasteiger partial charge in [0.15, 0.2) is 5.58 Å². The molecule has 2 heterocycles. The van der Waals surface area contributed by atoms with Crippen LogP contribution in [-0.2, 0) is 0 Å². The van der Waals surface area contributed by atoms with Crippen LogP contribution < -0.4 is 0 Å². The molecule has 6 nitrogen and oxygen atoms in total. The molecule has 7 heteroatoms. The minimum absolute atomic E-state index is 0.0806. The van der Waals surface area contributed by atoms with Crippen molar-refractivity contribution in [3.63, 3.8) is 0 Å². The van der Waals surface area contributed by atoms with Crippen LogP contribution in [0.3, 0.4) is 0 Å². The van der Waals surface area contributed by atoms with Crippen molar-refractivity contribution in [2.45, 2.75) is 0 Å². The molecule has 0 saturated carbocycles. The molecule has 13 heavy (non-hydrogen) atoms. The van der Waals surface area contributed by atoms with Crippen LogP contribution in [0.4, 0.5) is 5.69 Å². The lowest BCUT2D eigenvalue weighted by Gasteiger charge is -1.87. The smallest absolute Gasteiger partial charge is 0.294 e. The van der Waals surface area contributed by atoms with E-state index in [0.717, 1.165) is 6.20 Å². The van der Waals surface area contributed by atoms with Crippen LogP contribution in [0.25, 0.3) is 11.2 Å². The predicted molar refractivity (Wildman–Crippen MR) is 43.5 cm³/mol. The van der Waals surface area contributed by atoms with Gasteiger partial charge in [0.05, 0.1) is 11.0 Å². The second kappa shape index (κ2) is 2.67. The van der Waals surface area contributed by atoms with E-state index in [0.29, 0.717) is 0 Å². The first-order valence-electron chi connectivity index (χ1n) is 3.23. The van der Waals surface area contributed by atoms with Crippen molar-refractivity contribution in [1.29, 1.82) is 0 Å².